The highest BCUT2D eigenvalue weighted by atomic mass is 16.3. The molecule has 2 aromatic carbocycles. The van der Waals surface area contributed by atoms with Gasteiger partial charge in [0.05, 0.1) is 0 Å². The predicted octanol–water partition coefficient (Wildman–Crippen LogP) is 3.91. The fraction of sp³-hybridized carbons (Fsp3) is 0.118. The second-order valence-corrected chi connectivity index (χ2v) is 4.60. The van der Waals surface area contributed by atoms with E-state index in [1.54, 1.807) is 18.2 Å². The van der Waals surface area contributed by atoms with Crippen LogP contribution in [-0.2, 0) is 0 Å². The van der Waals surface area contributed by atoms with Crippen LogP contribution in [0.15, 0.2) is 48.5 Å². The molecule has 1 N–H and O–H groups in total. The molecule has 0 radical (unpaired) electrons. The van der Waals surface area contributed by atoms with Crippen molar-refractivity contribution in [1.29, 1.82) is 0 Å². The molecular weight excluding hydrogens is 236 g/mol. The summed E-state index contributed by atoms with van der Waals surface area (Å²) in [4.78, 5) is 12.0. The average molecular weight is 252 g/mol. The Morgan fingerprint density at radius 1 is 1.05 bits per heavy atom. The van der Waals surface area contributed by atoms with E-state index >= 15 is 0 Å². The third-order valence-corrected chi connectivity index (χ3v) is 3.00. The molecule has 0 bridgehead atoms. The number of ketones is 1. The molecule has 2 heteroatoms. The monoisotopic (exact) mass is 252 g/mol. The van der Waals surface area contributed by atoms with Crippen LogP contribution >= 0.6 is 0 Å². The van der Waals surface area contributed by atoms with Crippen LogP contribution in [0.4, 0.5) is 0 Å². The van der Waals surface area contributed by atoms with Crippen LogP contribution in [0.3, 0.4) is 0 Å². The SMILES string of the molecule is Cc1ccc(C)c(/C=C/C(=O)c2ccc(O)cc2)c1. The first-order chi connectivity index (χ1) is 9.06. The second-order valence-electron chi connectivity index (χ2n) is 4.60. The van der Waals surface area contributed by atoms with Crippen molar-refractivity contribution in [3.8, 4) is 5.75 Å². The zero-order chi connectivity index (χ0) is 13.8. The molecule has 96 valence electrons. The average Bonchev–Trinajstić information content (AvgIpc) is 2.40. The number of hydrogen-bond donors (Lipinski definition) is 1. The van der Waals surface area contributed by atoms with Crippen LogP contribution in [0, 0.1) is 13.8 Å². The zero-order valence-corrected chi connectivity index (χ0v) is 11.1. The van der Waals surface area contributed by atoms with E-state index in [9.17, 15) is 9.90 Å². The van der Waals surface area contributed by atoms with Crippen LogP contribution in [0.25, 0.3) is 6.08 Å². The third kappa shape index (κ3) is 3.32. The number of phenols is 1. The van der Waals surface area contributed by atoms with Gasteiger partial charge in [0.1, 0.15) is 5.75 Å². The number of carbonyl (C=O) groups is 1. The van der Waals surface area contributed by atoms with E-state index in [-0.39, 0.29) is 11.5 Å². The molecular formula is C17H16O2. The van der Waals surface area contributed by atoms with E-state index in [1.807, 2.05) is 26.0 Å². The highest BCUT2D eigenvalue weighted by Crippen LogP contribution is 2.14. The third-order valence-electron chi connectivity index (χ3n) is 3.00. The fourth-order valence-electron chi connectivity index (χ4n) is 1.83. The van der Waals surface area contributed by atoms with Crippen LogP contribution in [0.2, 0.25) is 0 Å². The van der Waals surface area contributed by atoms with Gasteiger partial charge >= 0.3 is 0 Å². The van der Waals surface area contributed by atoms with Gasteiger partial charge in [0.25, 0.3) is 0 Å². The molecule has 0 spiro atoms. The molecule has 0 fully saturated rings. The van der Waals surface area contributed by atoms with E-state index in [1.165, 1.54) is 17.7 Å². The van der Waals surface area contributed by atoms with Gasteiger partial charge in [-0.3, -0.25) is 4.79 Å². The van der Waals surface area contributed by atoms with Crippen molar-refractivity contribution in [2.45, 2.75) is 13.8 Å². The summed E-state index contributed by atoms with van der Waals surface area (Å²) < 4.78 is 0. The summed E-state index contributed by atoms with van der Waals surface area (Å²) in [5.41, 5.74) is 3.93. The lowest BCUT2D eigenvalue weighted by Gasteiger charge is -2.01. The molecule has 0 aliphatic rings. The number of allylic oxidation sites excluding steroid dienone is 1. The lowest BCUT2D eigenvalue weighted by atomic mass is 10.0. The first-order valence-corrected chi connectivity index (χ1v) is 6.15. The fourth-order valence-corrected chi connectivity index (χ4v) is 1.83. The molecule has 2 rings (SSSR count). The molecule has 0 unspecified atom stereocenters. The number of aromatic hydroxyl groups is 1. The highest BCUT2D eigenvalue weighted by molar-refractivity contribution is 6.06. The molecule has 2 nitrogen and oxygen atoms in total. The zero-order valence-electron chi connectivity index (χ0n) is 11.1. The van der Waals surface area contributed by atoms with Crippen LogP contribution in [-0.4, -0.2) is 10.9 Å². The summed E-state index contributed by atoms with van der Waals surface area (Å²) >= 11 is 0. The van der Waals surface area contributed by atoms with Gasteiger partial charge in [0.15, 0.2) is 5.78 Å². The minimum atomic E-state index is -0.0686. The lowest BCUT2D eigenvalue weighted by molar-refractivity contribution is 0.104. The minimum Gasteiger partial charge on any atom is -0.508 e. The first-order valence-electron chi connectivity index (χ1n) is 6.15. The maximum Gasteiger partial charge on any atom is 0.185 e. The standard InChI is InChI=1S/C17H16O2/c1-12-3-4-13(2)15(11-12)7-10-17(19)14-5-8-16(18)9-6-14/h3-11,18H,1-2H3/b10-7+. The highest BCUT2D eigenvalue weighted by Gasteiger charge is 2.02. The van der Waals surface area contributed by atoms with Crippen molar-refractivity contribution in [2.24, 2.45) is 0 Å². The van der Waals surface area contributed by atoms with Crippen molar-refractivity contribution in [3.05, 3.63) is 70.8 Å². The summed E-state index contributed by atoms with van der Waals surface area (Å²) in [6, 6.07) is 12.4. The maximum atomic E-state index is 12.0. The summed E-state index contributed by atoms with van der Waals surface area (Å²) in [6.45, 7) is 4.04. The number of aryl methyl sites for hydroxylation is 2. The Hall–Kier alpha value is -2.35. The summed E-state index contributed by atoms with van der Waals surface area (Å²) in [5, 5.41) is 9.18. The second kappa shape index (κ2) is 5.53. The normalized spacial score (nSPS) is 10.8. The molecule has 0 aliphatic heterocycles. The lowest BCUT2D eigenvalue weighted by Crippen LogP contribution is -1.93. The maximum absolute atomic E-state index is 12.0. The molecule has 0 saturated carbocycles. The Bertz CT molecular complexity index is 622. The van der Waals surface area contributed by atoms with Gasteiger partial charge in [-0.1, -0.05) is 29.8 Å². The summed E-state index contributed by atoms with van der Waals surface area (Å²) in [5.74, 6) is 0.0935. The number of carbonyl (C=O) groups excluding carboxylic acids is 1. The molecule has 0 atom stereocenters. The molecule has 0 amide bonds. The van der Waals surface area contributed by atoms with E-state index in [0.717, 1.165) is 11.1 Å². The Kier molecular flexibility index (Phi) is 3.81. The topological polar surface area (TPSA) is 37.3 Å². The molecule has 0 saturated heterocycles. The van der Waals surface area contributed by atoms with Crippen molar-refractivity contribution >= 4 is 11.9 Å². The van der Waals surface area contributed by atoms with Crippen molar-refractivity contribution in [2.75, 3.05) is 0 Å². The van der Waals surface area contributed by atoms with E-state index in [2.05, 4.69) is 12.1 Å². The van der Waals surface area contributed by atoms with Crippen molar-refractivity contribution in [3.63, 3.8) is 0 Å². The van der Waals surface area contributed by atoms with Crippen LogP contribution in [0.1, 0.15) is 27.0 Å². The predicted molar refractivity (Wildman–Crippen MR) is 77.4 cm³/mol. The van der Waals surface area contributed by atoms with Crippen LogP contribution < -0.4 is 0 Å². The van der Waals surface area contributed by atoms with Gasteiger partial charge in [-0.25, -0.2) is 0 Å². The van der Waals surface area contributed by atoms with Gasteiger partial charge in [0.2, 0.25) is 0 Å². The molecule has 19 heavy (non-hydrogen) atoms. The van der Waals surface area contributed by atoms with Crippen molar-refractivity contribution < 1.29 is 9.90 Å². The minimum absolute atomic E-state index is 0.0686. The van der Waals surface area contributed by atoms with Gasteiger partial charge < -0.3 is 5.11 Å². The Labute approximate surface area is 113 Å². The van der Waals surface area contributed by atoms with Gasteiger partial charge in [-0.05, 0) is 55.3 Å². The summed E-state index contributed by atoms with van der Waals surface area (Å²) in [6.07, 6.45) is 3.39. The first kappa shape index (κ1) is 13.1. The Morgan fingerprint density at radius 3 is 2.42 bits per heavy atom. The molecule has 0 aliphatic carbocycles. The van der Waals surface area contributed by atoms with E-state index in [0.29, 0.717) is 5.56 Å². The smallest absolute Gasteiger partial charge is 0.185 e. The van der Waals surface area contributed by atoms with Crippen LogP contribution in [0.5, 0.6) is 5.75 Å². The Morgan fingerprint density at radius 2 is 1.74 bits per heavy atom. The molecule has 2 aromatic rings. The largest absolute Gasteiger partial charge is 0.508 e. The number of rotatable bonds is 3. The van der Waals surface area contributed by atoms with Gasteiger partial charge in [0, 0.05) is 5.56 Å². The number of phenolic OH excluding ortho intramolecular Hbond substituents is 1. The van der Waals surface area contributed by atoms with Gasteiger partial charge in [-0.2, -0.15) is 0 Å². The quantitative estimate of drug-likeness (QED) is 0.664. The summed E-state index contributed by atoms with van der Waals surface area (Å²) in [7, 11) is 0. The number of benzene rings is 2. The van der Waals surface area contributed by atoms with E-state index in [4.69, 9.17) is 0 Å². The molecule has 0 aromatic heterocycles. The van der Waals surface area contributed by atoms with Crippen molar-refractivity contribution in [1.82, 2.24) is 0 Å². The number of hydrogen-bond acceptors (Lipinski definition) is 2. The van der Waals surface area contributed by atoms with Gasteiger partial charge in [-0.15, -0.1) is 0 Å². The molecule has 0 heterocycles. The Balaban J connectivity index is 2.20. The van der Waals surface area contributed by atoms with E-state index < -0.39 is 0 Å².